The van der Waals surface area contributed by atoms with Crippen LogP contribution in [0.1, 0.15) is 41.8 Å². The van der Waals surface area contributed by atoms with Crippen molar-refractivity contribution < 1.29 is 39.6 Å². The van der Waals surface area contributed by atoms with Crippen LogP contribution < -0.4 is 10.6 Å². The van der Waals surface area contributed by atoms with Gasteiger partial charge >= 0.3 is 0 Å². The summed E-state index contributed by atoms with van der Waals surface area (Å²) in [6, 6.07) is 0.673. The topological polar surface area (TPSA) is 185 Å². The van der Waals surface area contributed by atoms with Crippen LogP contribution >= 0.6 is 0 Å². The first-order valence-electron chi connectivity index (χ1n) is 13.5. The number of aromatic hydroxyl groups is 1. The molecule has 0 saturated heterocycles. The lowest BCUT2D eigenvalue weighted by molar-refractivity contribution is -0.148. The average Bonchev–Trinajstić information content (AvgIpc) is 2.86. The van der Waals surface area contributed by atoms with Gasteiger partial charge in [-0.05, 0) is 50.4 Å². The number of aliphatic hydroxyl groups is 3. The molecule has 1 aromatic rings. The SMILES string of the molecule is CC(C)CN(C=O)Cc1cc(N(C)C)c2c(c1O)C(=O)C1=C(O)[C@]3(O)C(=O)C(C(N)=O)=C(O)[C@@H](N(C)C)[C@@H]3C[C@@H]1C2. The molecule has 4 rings (SSSR count). The number of rotatable bonds is 8. The molecule has 6 N–H and O–H groups in total. The van der Waals surface area contributed by atoms with Gasteiger partial charge in [0, 0.05) is 49.9 Å². The molecule has 0 radical (unpaired) electrons. The van der Waals surface area contributed by atoms with E-state index in [0.717, 1.165) is 0 Å². The summed E-state index contributed by atoms with van der Waals surface area (Å²) in [6.07, 6.45) is 0.861. The lowest BCUT2D eigenvalue weighted by Gasteiger charge is -2.50. The second-order valence-electron chi connectivity index (χ2n) is 12.0. The van der Waals surface area contributed by atoms with Crippen molar-refractivity contribution in [2.24, 2.45) is 23.5 Å². The second-order valence-corrected chi connectivity index (χ2v) is 12.0. The van der Waals surface area contributed by atoms with Crippen LogP contribution in [0.5, 0.6) is 5.75 Å². The minimum absolute atomic E-state index is 0.00838. The Morgan fingerprint density at radius 2 is 1.80 bits per heavy atom. The van der Waals surface area contributed by atoms with Crippen LogP contribution in [0, 0.1) is 17.8 Å². The number of carbonyl (C=O) groups is 4. The molecule has 3 aliphatic carbocycles. The average molecular weight is 571 g/mol. The number of amides is 2. The smallest absolute Gasteiger partial charge is 0.255 e. The largest absolute Gasteiger partial charge is 0.510 e. The Bertz CT molecular complexity index is 1400. The molecule has 0 aliphatic heterocycles. The maximum atomic E-state index is 14.1. The van der Waals surface area contributed by atoms with E-state index in [9.17, 15) is 39.6 Å². The summed E-state index contributed by atoms with van der Waals surface area (Å²) < 4.78 is 0. The molecule has 12 nitrogen and oxygen atoms in total. The first-order valence-corrected chi connectivity index (χ1v) is 13.5. The third-order valence-electron chi connectivity index (χ3n) is 8.38. The number of nitrogens with zero attached hydrogens (tertiary/aromatic N) is 3. The van der Waals surface area contributed by atoms with Crippen LogP contribution in [-0.2, 0) is 27.3 Å². The molecule has 0 aromatic heterocycles. The van der Waals surface area contributed by atoms with E-state index in [0.29, 0.717) is 29.8 Å². The van der Waals surface area contributed by atoms with Gasteiger partial charge in [0.15, 0.2) is 11.4 Å². The highest BCUT2D eigenvalue weighted by Gasteiger charge is 2.63. The zero-order valence-corrected chi connectivity index (χ0v) is 24.1. The number of benzene rings is 1. The van der Waals surface area contributed by atoms with Gasteiger partial charge < -0.3 is 36.0 Å². The quantitative estimate of drug-likeness (QED) is 0.221. The summed E-state index contributed by atoms with van der Waals surface area (Å²) in [5.41, 5.74) is 3.01. The van der Waals surface area contributed by atoms with Gasteiger partial charge in [0.25, 0.3) is 5.91 Å². The highest BCUT2D eigenvalue weighted by atomic mass is 16.3. The fraction of sp³-hybridized carbons (Fsp3) is 0.517. The number of hydrogen-bond donors (Lipinski definition) is 5. The highest BCUT2D eigenvalue weighted by molar-refractivity contribution is 6.25. The van der Waals surface area contributed by atoms with Crippen molar-refractivity contribution in [3.8, 4) is 5.75 Å². The fourth-order valence-electron chi connectivity index (χ4n) is 6.71. The van der Waals surface area contributed by atoms with E-state index in [1.54, 1.807) is 39.2 Å². The fourth-order valence-corrected chi connectivity index (χ4v) is 6.71. The van der Waals surface area contributed by atoms with Gasteiger partial charge in [-0.25, -0.2) is 0 Å². The number of ketones is 2. The number of allylic oxidation sites excluding steroid dienone is 1. The molecular formula is C29H38N4O8. The number of carbonyl (C=O) groups excluding carboxylic acids is 4. The number of hydrogen-bond acceptors (Lipinski definition) is 10. The monoisotopic (exact) mass is 570 g/mol. The van der Waals surface area contributed by atoms with E-state index in [4.69, 9.17) is 5.73 Å². The number of primary amides is 1. The number of likely N-dealkylation sites (N-methyl/N-ethyl adjacent to an activating group) is 1. The third-order valence-corrected chi connectivity index (χ3v) is 8.38. The molecule has 3 aliphatic rings. The summed E-state index contributed by atoms with van der Waals surface area (Å²) in [7, 11) is 6.73. The molecule has 0 spiro atoms. The number of phenols is 1. The van der Waals surface area contributed by atoms with Crippen LogP contribution in [0.2, 0.25) is 0 Å². The van der Waals surface area contributed by atoms with Crippen LogP contribution in [0.25, 0.3) is 0 Å². The van der Waals surface area contributed by atoms with Gasteiger partial charge in [0.05, 0.1) is 11.6 Å². The highest BCUT2D eigenvalue weighted by Crippen LogP contribution is 2.53. The van der Waals surface area contributed by atoms with Crippen LogP contribution in [0.15, 0.2) is 28.7 Å². The van der Waals surface area contributed by atoms with E-state index >= 15 is 0 Å². The number of phenolic OH excluding ortho intramolecular Hbond substituents is 1. The summed E-state index contributed by atoms with van der Waals surface area (Å²) >= 11 is 0. The number of nitrogens with two attached hydrogens (primary N) is 1. The molecule has 2 amide bonds. The predicted octanol–water partition coefficient (Wildman–Crippen LogP) is 0.801. The van der Waals surface area contributed by atoms with E-state index in [-0.39, 0.29) is 42.2 Å². The first kappa shape index (κ1) is 30.1. The van der Waals surface area contributed by atoms with E-state index in [1.165, 1.54) is 9.80 Å². The van der Waals surface area contributed by atoms with Gasteiger partial charge in [-0.2, -0.15) is 0 Å². The Kier molecular flexibility index (Phi) is 7.70. The van der Waals surface area contributed by atoms with Gasteiger partial charge in [-0.3, -0.25) is 24.1 Å². The molecular weight excluding hydrogens is 532 g/mol. The summed E-state index contributed by atoms with van der Waals surface area (Å²) in [5.74, 6) is -6.80. The Balaban J connectivity index is 1.93. The first-order chi connectivity index (χ1) is 19.1. The summed E-state index contributed by atoms with van der Waals surface area (Å²) in [5, 5.41) is 45.5. The lowest BCUT2D eigenvalue weighted by Crippen LogP contribution is -2.63. The zero-order chi connectivity index (χ0) is 30.7. The number of fused-ring (bicyclic) bond motifs is 3. The molecule has 41 heavy (non-hydrogen) atoms. The van der Waals surface area contributed by atoms with Crippen molar-refractivity contribution in [2.75, 3.05) is 39.6 Å². The number of anilines is 1. The van der Waals surface area contributed by atoms with Gasteiger partial charge in [0.2, 0.25) is 12.2 Å². The van der Waals surface area contributed by atoms with Gasteiger partial charge in [-0.1, -0.05) is 13.8 Å². The summed E-state index contributed by atoms with van der Waals surface area (Å²) in [4.78, 5) is 56.2. The Morgan fingerprint density at radius 1 is 1.17 bits per heavy atom. The maximum Gasteiger partial charge on any atom is 0.255 e. The molecule has 12 heteroatoms. The molecule has 222 valence electrons. The van der Waals surface area contributed by atoms with Crippen LogP contribution in [-0.4, -0.2) is 100 Å². The molecule has 0 heterocycles. The lowest BCUT2D eigenvalue weighted by atomic mass is 9.58. The maximum absolute atomic E-state index is 14.1. The van der Waals surface area contributed by atoms with E-state index in [2.05, 4.69) is 0 Å². The van der Waals surface area contributed by atoms with Crippen molar-refractivity contribution in [3.05, 3.63) is 45.4 Å². The third kappa shape index (κ3) is 4.55. The van der Waals surface area contributed by atoms with E-state index < -0.39 is 58.0 Å². The van der Waals surface area contributed by atoms with Crippen molar-refractivity contribution >= 4 is 29.6 Å². The van der Waals surface area contributed by atoms with Gasteiger partial charge in [-0.15, -0.1) is 0 Å². The second kappa shape index (κ2) is 10.5. The minimum Gasteiger partial charge on any atom is -0.510 e. The van der Waals surface area contributed by atoms with Crippen LogP contribution in [0.3, 0.4) is 0 Å². The van der Waals surface area contributed by atoms with Crippen molar-refractivity contribution in [1.29, 1.82) is 0 Å². The number of aliphatic hydroxyl groups excluding tert-OH is 2. The van der Waals surface area contributed by atoms with E-state index in [1.807, 2.05) is 13.8 Å². The normalized spacial score (nSPS) is 25.7. The molecule has 0 bridgehead atoms. The van der Waals surface area contributed by atoms with Gasteiger partial charge in [0.1, 0.15) is 22.8 Å². The van der Waals surface area contributed by atoms with Crippen molar-refractivity contribution in [3.63, 3.8) is 0 Å². The Labute approximate surface area is 238 Å². The molecule has 0 saturated carbocycles. The summed E-state index contributed by atoms with van der Waals surface area (Å²) in [6.45, 7) is 4.34. The standard InChI is InChI=1S/C29H38N4O8/c1-13(2)10-33(12-34)11-15-9-18(31(3)4)16-7-14-8-17-22(32(5)6)25(37)21(28(30)40)27(39)29(17,41)26(38)19(14)24(36)20(16)23(15)35/h9,12-14,17,22,35,37-38,41H,7-8,10-11H2,1-6H3,(H2,30,40)/t14-,17-,22-,29-/m0/s1. The molecule has 0 fully saturated rings. The Morgan fingerprint density at radius 3 is 2.32 bits per heavy atom. The molecule has 4 atom stereocenters. The zero-order valence-electron chi connectivity index (χ0n) is 24.1. The molecule has 0 unspecified atom stereocenters. The predicted molar refractivity (Wildman–Crippen MR) is 149 cm³/mol. The molecule has 1 aromatic carbocycles. The number of Topliss-reactive ketones (excluding diaryl/α,β-unsaturated/α-hetero) is 2. The van der Waals surface area contributed by atoms with Crippen molar-refractivity contribution in [2.45, 2.75) is 44.9 Å². The minimum atomic E-state index is -2.70. The van der Waals surface area contributed by atoms with Crippen molar-refractivity contribution in [1.82, 2.24) is 9.80 Å². The Hall–Kier alpha value is -3.90. The van der Waals surface area contributed by atoms with Crippen LogP contribution in [0.4, 0.5) is 5.69 Å².